The second-order valence-corrected chi connectivity index (χ2v) is 13.9. The fraction of sp³-hybridized carbons (Fsp3) is 0.300. The lowest BCUT2D eigenvalue weighted by Gasteiger charge is -2.34. The summed E-state index contributed by atoms with van der Waals surface area (Å²) in [5.74, 6) is -1.11. The number of rotatable bonds is 8. The van der Waals surface area contributed by atoms with Gasteiger partial charge in [-0.2, -0.15) is 14.0 Å². The summed E-state index contributed by atoms with van der Waals surface area (Å²) in [6.07, 6.45) is 0.848. The van der Waals surface area contributed by atoms with E-state index in [9.17, 15) is 22.8 Å². The molecule has 2 saturated heterocycles. The molecule has 2 fully saturated rings. The summed E-state index contributed by atoms with van der Waals surface area (Å²) in [5.41, 5.74) is 9.25. The number of nitrogens with one attached hydrogen (secondary N) is 2. The van der Waals surface area contributed by atoms with Crippen LogP contribution in [0.5, 0.6) is 0 Å². The van der Waals surface area contributed by atoms with Gasteiger partial charge in [-0.1, -0.05) is 24.3 Å². The predicted octanol–water partition coefficient (Wildman–Crippen LogP) is 2.69. The number of nitrogens with zero attached hydrogens (tertiary/aromatic N) is 5. The quantitative estimate of drug-likeness (QED) is 0.241. The van der Waals surface area contributed by atoms with E-state index < -0.39 is 10.0 Å². The number of nitrogens with two attached hydrogens (primary N) is 1. The summed E-state index contributed by atoms with van der Waals surface area (Å²) in [5, 5.41) is 11.4. The molecule has 0 radical (unpaired) electrons. The average Bonchev–Trinajstić information content (AvgIpc) is 3.62. The van der Waals surface area contributed by atoms with Crippen molar-refractivity contribution in [2.75, 3.05) is 37.2 Å². The number of piperidine rings is 1. The molecule has 0 bridgehead atoms. The molecule has 2 amide bonds. The monoisotopic (exact) mass is 648 g/mol. The Hall–Kier alpha value is -4.44. The molecular formula is C30H32N8O5S2. The van der Waals surface area contributed by atoms with Gasteiger partial charge in [-0.25, -0.2) is 8.42 Å². The Kier molecular flexibility index (Phi) is 8.50. The van der Waals surface area contributed by atoms with Crippen LogP contribution in [-0.4, -0.2) is 76.3 Å². The SMILES string of the molecule is Cc1ccsc1C(=O)n1nc(Nc2ccc(S(=O)(=O)N3CCN(Cc4ccc(C5CCC(=O)NC5=O)cc4)CC3)cc2)nc1N. The third-order valence-electron chi connectivity index (χ3n) is 7.99. The summed E-state index contributed by atoms with van der Waals surface area (Å²) in [7, 11) is -3.70. The number of benzene rings is 2. The van der Waals surface area contributed by atoms with Crippen molar-refractivity contribution in [3.05, 3.63) is 81.5 Å². The normalized spacial score (nSPS) is 18.1. The van der Waals surface area contributed by atoms with Crippen molar-refractivity contribution >= 4 is 56.7 Å². The van der Waals surface area contributed by atoms with Crippen LogP contribution in [0.25, 0.3) is 0 Å². The molecule has 2 aliphatic rings. The second-order valence-electron chi connectivity index (χ2n) is 11.0. The highest BCUT2D eigenvalue weighted by Crippen LogP contribution is 2.26. The van der Waals surface area contributed by atoms with Crippen LogP contribution >= 0.6 is 11.3 Å². The Morgan fingerprint density at radius 3 is 2.40 bits per heavy atom. The van der Waals surface area contributed by atoms with E-state index in [2.05, 4.69) is 25.6 Å². The number of carbonyl (C=O) groups excluding carboxylic acids is 3. The smallest absolute Gasteiger partial charge is 0.291 e. The number of piperazine rings is 1. The number of amides is 2. The lowest BCUT2D eigenvalue weighted by Crippen LogP contribution is -2.48. The van der Waals surface area contributed by atoms with Crippen LogP contribution in [-0.2, 0) is 26.2 Å². The Balaban J connectivity index is 1.03. The largest absolute Gasteiger partial charge is 0.368 e. The van der Waals surface area contributed by atoms with E-state index in [4.69, 9.17) is 5.73 Å². The fourth-order valence-corrected chi connectivity index (χ4v) is 7.73. The van der Waals surface area contributed by atoms with Crippen LogP contribution in [0.2, 0.25) is 0 Å². The van der Waals surface area contributed by atoms with E-state index in [1.54, 1.807) is 12.1 Å². The van der Waals surface area contributed by atoms with E-state index >= 15 is 0 Å². The Labute approximate surface area is 264 Å². The van der Waals surface area contributed by atoms with E-state index in [0.29, 0.717) is 56.1 Å². The standard InChI is InChI=1S/C30H32N8O5S2/c1-19-12-17-44-26(19)28(41)38-29(31)34-30(35-38)32-22-6-8-23(9-7-22)45(42,43)37-15-13-36(14-16-37)18-20-2-4-21(5-3-20)24-10-11-25(39)33-27(24)40/h2-9,12,17,24H,10-11,13-16,18H2,1H3,(H,33,39,40)(H3,31,32,34,35). The van der Waals surface area contributed by atoms with Crippen molar-refractivity contribution in [1.29, 1.82) is 0 Å². The van der Waals surface area contributed by atoms with Crippen molar-refractivity contribution in [3.8, 4) is 0 Å². The van der Waals surface area contributed by atoms with Crippen LogP contribution in [0.15, 0.2) is 64.9 Å². The molecule has 1 atom stereocenters. The van der Waals surface area contributed by atoms with Crippen LogP contribution in [0.3, 0.4) is 0 Å². The average molecular weight is 649 g/mol. The lowest BCUT2D eigenvalue weighted by atomic mass is 9.90. The fourth-order valence-electron chi connectivity index (χ4n) is 5.46. The topological polar surface area (TPSA) is 173 Å². The number of sulfonamides is 1. The van der Waals surface area contributed by atoms with Gasteiger partial charge < -0.3 is 11.1 Å². The molecule has 4 heterocycles. The molecular weight excluding hydrogens is 617 g/mol. The van der Waals surface area contributed by atoms with E-state index in [1.165, 1.54) is 27.8 Å². The first-order valence-electron chi connectivity index (χ1n) is 14.4. The van der Waals surface area contributed by atoms with Crippen molar-refractivity contribution in [1.82, 2.24) is 29.3 Å². The zero-order valence-corrected chi connectivity index (χ0v) is 26.1. The minimum atomic E-state index is -3.70. The number of carbonyl (C=O) groups is 3. The Morgan fingerprint density at radius 2 is 1.76 bits per heavy atom. The first kappa shape index (κ1) is 30.6. The maximum absolute atomic E-state index is 13.4. The van der Waals surface area contributed by atoms with Crippen molar-refractivity contribution in [3.63, 3.8) is 0 Å². The second kappa shape index (κ2) is 12.5. The van der Waals surface area contributed by atoms with Crippen LogP contribution in [0.1, 0.15) is 45.1 Å². The zero-order valence-electron chi connectivity index (χ0n) is 24.5. The zero-order chi connectivity index (χ0) is 31.7. The number of imide groups is 1. The third-order valence-corrected chi connectivity index (χ3v) is 10.9. The van der Waals surface area contributed by atoms with Gasteiger partial charge in [0.05, 0.1) is 15.7 Å². The van der Waals surface area contributed by atoms with Crippen LogP contribution < -0.4 is 16.4 Å². The summed E-state index contributed by atoms with van der Waals surface area (Å²) >= 11 is 1.30. The minimum Gasteiger partial charge on any atom is -0.368 e. The summed E-state index contributed by atoms with van der Waals surface area (Å²) < 4.78 is 29.3. The Morgan fingerprint density at radius 1 is 1.04 bits per heavy atom. The maximum atomic E-state index is 13.4. The predicted molar refractivity (Wildman–Crippen MR) is 169 cm³/mol. The van der Waals surface area contributed by atoms with E-state index in [1.807, 2.05) is 42.6 Å². The molecule has 4 aromatic rings. The molecule has 234 valence electrons. The van der Waals surface area contributed by atoms with Gasteiger partial charge in [0.1, 0.15) is 0 Å². The molecule has 15 heteroatoms. The molecule has 0 aliphatic carbocycles. The number of hydrogen-bond acceptors (Lipinski definition) is 11. The third kappa shape index (κ3) is 6.51. The summed E-state index contributed by atoms with van der Waals surface area (Å²) in [4.78, 5) is 43.4. The number of hydrogen-bond donors (Lipinski definition) is 3. The lowest BCUT2D eigenvalue weighted by molar-refractivity contribution is -0.134. The van der Waals surface area contributed by atoms with Gasteiger partial charge in [0.15, 0.2) is 0 Å². The van der Waals surface area contributed by atoms with Gasteiger partial charge in [-0.05, 0) is 65.7 Å². The molecule has 2 aromatic heterocycles. The molecule has 2 aromatic carbocycles. The number of nitrogen functional groups attached to an aromatic ring is 1. The first-order chi connectivity index (χ1) is 21.6. The van der Waals surface area contributed by atoms with Gasteiger partial charge in [0.25, 0.3) is 5.91 Å². The number of aromatic nitrogens is 3. The number of thiophene rings is 1. The van der Waals surface area contributed by atoms with Gasteiger partial charge in [-0.15, -0.1) is 16.4 Å². The molecule has 1 unspecified atom stereocenters. The molecule has 2 aliphatic heterocycles. The van der Waals surface area contributed by atoms with Gasteiger partial charge in [-0.3, -0.25) is 24.6 Å². The van der Waals surface area contributed by atoms with Crippen molar-refractivity contribution in [2.45, 2.75) is 37.1 Å². The molecule has 13 nitrogen and oxygen atoms in total. The van der Waals surface area contributed by atoms with Gasteiger partial charge >= 0.3 is 0 Å². The molecule has 0 saturated carbocycles. The maximum Gasteiger partial charge on any atom is 0.291 e. The van der Waals surface area contributed by atoms with E-state index in [-0.39, 0.29) is 40.4 Å². The summed E-state index contributed by atoms with van der Waals surface area (Å²) in [6.45, 7) is 4.36. The van der Waals surface area contributed by atoms with Crippen LogP contribution in [0.4, 0.5) is 17.6 Å². The van der Waals surface area contributed by atoms with E-state index in [0.717, 1.165) is 21.4 Å². The van der Waals surface area contributed by atoms with Crippen molar-refractivity contribution < 1.29 is 22.8 Å². The highest BCUT2D eigenvalue weighted by molar-refractivity contribution is 7.89. The Bertz CT molecular complexity index is 1840. The number of anilines is 3. The minimum absolute atomic E-state index is 0.0575. The van der Waals surface area contributed by atoms with Crippen molar-refractivity contribution in [2.24, 2.45) is 0 Å². The first-order valence-corrected chi connectivity index (χ1v) is 16.7. The summed E-state index contributed by atoms with van der Waals surface area (Å²) in [6, 6.07) is 15.9. The highest BCUT2D eigenvalue weighted by atomic mass is 32.2. The highest BCUT2D eigenvalue weighted by Gasteiger charge is 2.30. The van der Waals surface area contributed by atoms with Crippen LogP contribution in [0, 0.1) is 6.92 Å². The van der Waals surface area contributed by atoms with Gasteiger partial charge in [0, 0.05) is 44.8 Å². The van der Waals surface area contributed by atoms with Gasteiger partial charge in [0.2, 0.25) is 33.7 Å². The molecule has 0 spiro atoms. The number of aryl methyl sites for hydroxylation is 1. The molecule has 6 rings (SSSR count). The molecule has 4 N–H and O–H groups in total. The molecule has 45 heavy (non-hydrogen) atoms.